The van der Waals surface area contributed by atoms with Crippen LogP contribution in [0.3, 0.4) is 0 Å². The molecule has 100 valence electrons. The summed E-state index contributed by atoms with van der Waals surface area (Å²) >= 11 is 0. The van der Waals surface area contributed by atoms with Gasteiger partial charge in [-0.1, -0.05) is 20.8 Å². The van der Waals surface area contributed by atoms with Gasteiger partial charge >= 0.3 is 0 Å². The lowest BCUT2D eigenvalue weighted by Gasteiger charge is -2.43. The summed E-state index contributed by atoms with van der Waals surface area (Å²) in [5, 5.41) is 10.9. The molecule has 3 rings (SSSR count). The van der Waals surface area contributed by atoms with Gasteiger partial charge in [-0.2, -0.15) is 0 Å². The first-order chi connectivity index (χ1) is 8.36. The van der Waals surface area contributed by atoms with Crippen LogP contribution in [0.1, 0.15) is 39.5 Å². The number of fused-ring (bicyclic) bond motifs is 3. The number of ketones is 1. The molecule has 2 saturated heterocycles. The third-order valence-electron chi connectivity index (χ3n) is 4.14. The Bertz CT molecular complexity index is 366. The number of ether oxygens (including phenoxy) is 1. The van der Waals surface area contributed by atoms with Gasteiger partial charge in [0.05, 0.1) is 0 Å². The van der Waals surface area contributed by atoms with Crippen molar-refractivity contribution in [3.8, 4) is 0 Å². The first-order valence-corrected chi connectivity index (χ1v) is 6.38. The highest BCUT2D eigenvalue weighted by atomic mass is 16.6. The summed E-state index contributed by atoms with van der Waals surface area (Å²) in [4.78, 5) is 23.0. The molecule has 3 aliphatic rings. The molecule has 3 atom stereocenters. The summed E-state index contributed by atoms with van der Waals surface area (Å²) in [6.07, 6.45) is 2.46. The van der Waals surface area contributed by atoms with E-state index in [1.807, 2.05) is 13.8 Å². The summed E-state index contributed by atoms with van der Waals surface area (Å²) in [6.45, 7) is 7.46. The van der Waals surface area contributed by atoms with Gasteiger partial charge in [0.25, 0.3) is 0 Å². The monoisotopic (exact) mass is 253 g/mol. The largest absolute Gasteiger partial charge is 0.353 e. The molecule has 0 aromatic heterocycles. The topological polar surface area (TPSA) is 69.4 Å². The summed E-state index contributed by atoms with van der Waals surface area (Å²) in [5.74, 6) is -0.113. The number of nitrogens with zero attached hydrogens (tertiary/aromatic N) is 1. The summed E-state index contributed by atoms with van der Waals surface area (Å²) in [5.41, 5.74) is -0.545. The van der Waals surface area contributed by atoms with Crippen molar-refractivity contribution in [2.75, 3.05) is 0 Å². The molecule has 5 heteroatoms. The molecule has 2 radical (unpaired) electrons. The molecule has 0 N–H and O–H groups in total. The fraction of sp³-hybridized carbons (Fsp3) is 0.769. The maximum Gasteiger partial charge on any atom is 0.239 e. The Morgan fingerprint density at radius 1 is 1.56 bits per heavy atom. The Hall–Kier alpha value is -0.970. The van der Waals surface area contributed by atoms with Crippen molar-refractivity contribution in [3.05, 3.63) is 23.1 Å². The molecule has 2 heterocycles. The first-order valence-electron chi connectivity index (χ1n) is 6.38. The van der Waals surface area contributed by atoms with Gasteiger partial charge in [0.2, 0.25) is 6.04 Å². The van der Waals surface area contributed by atoms with E-state index in [1.165, 1.54) is 0 Å². The zero-order valence-corrected chi connectivity index (χ0v) is 10.8. The minimum Gasteiger partial charge on any atom is -0.353 e. The van der Waals surface area contributed by atoms with E-state index in [4.69, 9.17) is 4.74 Å². The lowest BCUT2D eigenvalue weighted by Crippen LogP contribution is -2.52. The molecule has 2 aliphatic heterocycles. The normalized spacial score (nSPS) is 32.5. The molecule has 1 saturated carbocycles. The minimum atomic E-state index is -0.650. The predicted molar refractivity (Wildman–Crippen MR) is 65.0 cm³/mol. The number of carbonyl (C=O) groups is 1. The van der Waals surface area contributed by atoms with Crippen molar-refractivity contribution < 1.29 is 14.5 Å². The van der Waals surface area contributed by atoms with E-state index in [9.17, 15) is 14.9 Å². The summed E-state index contributed by atoms with van der Waals surface area (Å²) in [7, 11) is 0. The third-order valence-corrected chi connectivity index (χ3v) is 4.14. The number of nitro groups is 1. The third kappa shape index (κ3) is 2.16. The maximum absolute atomic E-state index is 12.3. The van der Waals surface area contributed by atoms with Gasteiger partial charge in [-0.15, -0.1) is 0 Å². The SMILES string of the molecule is [CH2]CC(C)(C)C(=O)[C]1OC2CCC1CC2[N+](=O)[O-]. The number of hydrogen-bond acceptors (Lipinski definition) is 4. The Morgan fingerprint density at radius 3 is 2.67 bits per heavy atom. The van der Waals surface area contributed by atoms with Crippen LogP contribution >= 0.6 is 0 Å². The molecular weight excluding hydrogens is 234 g/mol. The molecule has 0 aromatic carbocycles. The average molecular weight is 253 g/mol. The lowest BCUT2D eigenvalue weighted by atomic mass is 9.71. The zero-order valence-electron chi connectivity index (χ0n) is 10.8. The maximum atomic E-state index is 12.3. The molecule has 2 bridgehead atoms. The van der Waals surface area contributed by atoms with Crippen LogP contribution in [-0.4, -0.2) is 22.9 Å². The fourth-order valence-corrected chi connectivity index (χ4v) is 2.66. The standard InChI is InChI=1S/C13H19NO4/c1-4-13(2,3)12(15)11-8-5-6-10(18-11)9(7-8)14(16)17/h8-10H,1,4-7H2,2-3H3. The van der Waals surface area contributed by atoms with Crippen LogP contribution in [0.2, 0.25) is 0 Å². The zero-order chi connectivity index (χ0) is 13.5. The van der Waals surface area contributed by atoms with E-state index in [-0.39, 0.29) is 16.6 Å². The van der Waals surface area contributed by atoms with Gasteiger partial charge in [-0.05, 0) is 19.3 Å². The van der Waals surface area contributed by atoms with Crippen molar-refractivity contribution in [3.63, 3.8) is 0 Å². The van der Waals surface area contributed by atoms with Crippen LogP contribution in [-0.2, 0) is 9.53 Å². The highest BCUT2D eigenvalue weighted by molar-refractivity contribution is 5.95. The van der Waals surface area contributed by atoms with Gasteiger partial charge in [0.15, 0.2) is 11.9 Å². The second-order valence-corrected chi connectivity index (χ2v) is 5.85. The van der Waals surface area contributed by atoms with Crippen LogP contribution in [0.5, 0.6) is 0 Å². The van der Waals surface area contributed by atoms with Crippen LogP contribution < -0.4 is 0 Å². The van der Waals surface area contributed by atoms with Crippen LogP contribution in [0, 0.1) is 34.5 Å². The van der Waals surface area contributed by atoms with Crippen molar-refractivity contribution in [1.29, 1.82) is 0 Å². The van der Waals surface area contributed by atoms with E-state index < -0.39 is 17.6 Å². The number of Topliss-reactive ketones (excluding diaryl/α,β-unsaturated/α-hetero) is 1. The Labute approximate surface area is 107 Å². The number of rotatable bonds is 4. The van der Waals surface area contributed by atoms with Gasteiger partial charge in [-0.25, -0.2) is 0 Å². The quantitative estimate of drug-likeness (QED) is 0.568. The second kappa shape index (κ2) is 4.61. The number of carbonyl (C=O) groups excluding carboxylic acids is 1. The van der Waals surface area contributed by atoms with Crippen LogP contribution in [0.4, 0.5) is 0 Å². The molecule has 18 heavy (non-hydrogen) atoms. The van der Waals surface area contributed by atoms with E-state index >= 15 is 0 Å². The van der Waals surface area contributed by atoms with Crippen molar-refractivity contribution in [2.45, 2.75) is 51.7 Å². The minimum absolute atomic E-state index is 0.0333. The molecule has 3 fully saturated rings. The lowest BCUT2D eigenvalue weighted by molar-refractivity contribution is -0.545. The van der Waals surface area contributed by atoms with E-state index in [2.05, 4.69) is 6.92 Å². The number of hydrogen-bond donors (Lipinski definition) is 0. The van der Waals surface area contributed by atoms with E-state index in [0.717, 1.165) is 6.42 Å². The molecule has 1 aliphatic carbocycles. The molecule has 3 unspecified atom stereocenters. The second-order valence-electron chi connectivity index (χ2n) is 5.85. The molecule has 5 nitrogen and oxygen atoms in total. The van der Waals surface area contributed by atoms with E-state index in [0.29, 0.717) is 25.4 Å². The Kier molecular flexibility index (Phi) is 3.45. The first kappa shape index (κ1) is 13.5. The van der Waals surface area contributed by atoms with Crippen molar-refractivity contribution in [2.24, 2.45) is 11.3 Å². The highest BCUT2D eigenvalue weighted by Gasteiger charge is 2.53. The van der Waals surface area contributed by atoms with Gasteiger partial charge in [-0.3, -0.25) is 14.9 Å². The summed E-state index contributed by atoms with van der Waals surface area (Å²) in [6, 6.07) is -0.650. The smallest absolute Gasteiger partial charge is 0.239 e. The van der Waals surface area contributed by atoms with Crippen LogP contribution in [0.25, 0.3) is 0 Å². The average Bonchev–Trinajstić information content (AvgIpc) is 2.38. The Balaban J connectivity index is 2.12. The molecule has 0 amide bonds. The highest BCUT2D eigenvalue weighted by Crippen LogP contribution is 2.45. The van der Waals surface area contributed by atoms with Gasteiger partial charge in [0.1, 0.15) is 6.10 Å². The van der Waals surface area contributed by atoms with Crippen molar-refractivity contribution >= 4 is 5.78 Å². The van der Waals surface area contributed by atoms with Gasteiger partial charge < -0.3 is 4.74 Å². The van der Waals surface area contributed by atoms with Crippen molar-refractivity contribution in [1.82, 2.24) is 0 Å². The van der Waals surface area contributed by atoms with Gasteiger partial charge in [0, 0.05) is 22.7 Å². The molecule has 0 aromatic rings. The fourth-order valence-electron chi connectivity index (χ4n) is 2.66. The molecule has 0 spiro atoms. The Morgan fingerprint density at radius 2 is 2.22 bits per heavy atom. The van der Waals surface area contributed by atoms with Crippen LogP contribution in [0.15, 0.2) is 0 Å². The summed E-state index contributed by atoms with van der Waals surface area (Å²) < 4.78 is 5.61. The predicted octanol–water partition coefficient (Wildman–Crippen LogP) is 2.18. The van der Waals surface area contributed by atoms with E-state index in [1.54, 1.807) is 0 Å². The molecular formula is C13H19NO4.